The number of nitrogens with one attached hydrogen (secondary N) is 1. The molecule has 1 aromatic heterocycles. The smallest absolute Gasteiger partial charge is 0.233 e. The number of rotatable bonds is 6. The maximum atomic E-state index is 12.6. The molecule has 1 fully saturated rings. The molecule has 1 heterocycles. The third-order valence-corrected chi connectivity index (χ3v) is 6.37. The van der Waals surface area contributed by atoms with Gasteiger partial charge in [0.25, 0.3) is 0 Å². The van der Waals surface area contributed by atoms with Crippen LogP contribution in [0.15, 0.2) is 29.4 Å². The lowest BCUT2D eigenvalue weighted by molar-refractivity contribution is -0.121. The molecule has 1 N–H and O–H groups in total. The van der Waals surface area contributed by atoms with Gasteiger partial charge in [-0.1, -0.05) is 57.5 Å². The van der Waals surface area contributed by atoms with Crippen molar-refractivity contribution in [3.63, 3.8) is 0 Å². The average Bonchev–Trinajstić information content (AvgIpc) is 3.11. The normalized spacial score (nSPS) is 21.2. The van der Waals surface area contributed by atoms with Gasteiger partial charge < -0.3 is 5.32 Å². The van der Waals surface area contributed by atoms with Crippen molar-refractivity contribution in [3.8, 4) is 5.69 Å². The summed E-state index contributed by atoms with van der Waals surface area (Å²) >= 11 is 1.39. The lowest BCUT2D eigenvalue weighted by atomic mass is 9.86. The quantitative estimate of drug-likeness (QED) is 0.760. The first-order valence-corrected chi connectivity index (χ1v) is 10.7. The number of nitrogens with zero attached hydrogens (tertiary/aromatic N) is 4. The van der Waals surface area contributed by atoms with Gasteiger partial charge in [0.05, 0.1) is 10.9 Å². The van der Waals surface area contributed by atoms with Crippen LogP contribution >= 0.6 is 11.8 Å². The number of benzene rings is 1. The van der Waals surface area contributed by atoms with Crippen LogP contribution in [-0.4, -0.2) is 37.4 Å². The molecule has 0 unspecified atom stereocenters. The van der Waals surface area contributed by atoms with E-state index in [2.05, 4.69) is 53.7 Å². The zero-order chi connectivity index (χ0) is 19.4. The molecule has 7 heteroatoms. The maximum Gasteiger partial charge on any atom is 0.233 e. The summed E-state index contributed by atoms with van der Waals surface area (Å²) in [6.07, 6.45) is 4.73. The van der Waals surface area contributed by atoms with Crippen LogP contribution in [-0.2, 0) is 4.79 Å². The van der Waals surface area contributed by atoms with Crippen LogP contribution in [0.4, 0.5) is 0 Å². The van der Waals surface area contributed by atoms with E-state index in [1.807, 2.05) is 19.1 Å². The van der Waals surface area contributed by atoms with Crippen LogP contribution in [0.2, 0.25) is 0 Å². The molecule has 1 amide bonds. The number of carbonyl (C=O) groups excluding carboxylic acids is 1. The van der Waals surface area contributed by atoms with Crippen LogP contribution < -0.4 is 5.32 Å². The summed E-state index contributed by atoms with van der Waals surface area (Å²) in [5, 5.41) is 15.6. The van der Waals surface area contributed by atoms with E-state index in [0.29, 0.717) is 17.0 Å². The van der Waals surface area contributed by atoms with Crippen molar-refractivity contribution in [3.05, 3.63) is 29.8 Å². The third kappa shape index (κ3) is 4.89. The molecule has 0 bridgehead atoms. The summed E-state index contributed by atoms with van der Waals surface area (Å²) in [7, 11) is 0. The van der Waals surface area contributed by atoms with Gasteiger partial charge in [-0.05, 0) is 59.7 Å². The van der Waals surface area contributed by atoms with Crippen molar-refractivity contribution in [1.29, 1.82) is 0 Å². The summed E-state index contributed by atoms with van der Waals surface area (Å²) in [6, 6.07) is 8.51. The molecule has 1 aliphatic carbocycles. The summed E-state index contributed by atoms with van der Waals surface area (Å²) in [5.41, 5.74) is 2.18. The Morgan fingerprint density at radius 3 is 2.56 bits per heavy atom. The first-order valence-electron chi connectivity index (χ1n) is 9.81. The lowest BCUT2D eigenvalue weighted by Crippen LogP contribution is -2.44. The number of thioether (sulfide) groups is 1. The molecular formula is C20H29N5OS. The highest BCUT2D eigenvalue weighted by Gasteiger charge is 2.26. The third-order valence-electron chi connectivity index (χ3n) is 5.34. The van der Waals surface area contributed by atoms with E-state index in [-0.39, 0.29) is 17.2 Å². The number of aromatic nitrogens is 4. The van der Waals surface area contributed by atoms with E-state index < -0.39 is 0 Å². The fourth-order valence-electron chi connectivity index (χ4n) is 3.46. The van der Waals surface area contributed by atoms with Gasteiger partial charge in [-0.25, -0.2) is 0 Å². The topological polar surface area (TPSA) is 72.7 Å². The van der Waals surface area contributed by atoms with E-state index in [1.165, 1.54) is 36.6 Å². The van der Waals surface area contributed by atoms with Crippen LogP contribution in [0.1, 0.15) is 64.9 Å². The average molecular weight is 388 g/mol. The molecule has 6 nitrogen and oxygen atoms in total. The SMILES string of the molecule is CC(C)c1ccc(-n2nnnc2S[C@H](C)C(=O)N[C@H]2CCCC[C@@H]2C)cc1. The number of hydrogen-bond donors (Lipinski definition) is 1. The zero-order valence-corrected chi connectivity index (χ0v) is 17.4. The molecule has 3 rings (SSSR count). The molecule has 2 aromatic rings. The number of hydrogen-bond acceptors (Lipinski definition) is 5. The standard InChI is InChI=1S/C20H29N5OS/c1-13(2)16-9-11-17(12-10-16)25-20(22-23-24-25)27-15(4)19(26)21-18-8-6-5-7-14(18)3/h9-15,18H,5-8H2,1-4H3,(H,21,26)/t14-,15+,18-/m0/s1. The molecule has 1 saturated carbocycles. The largest absolute Gasteiger partial charge is 0.352 e. The molecule has 1 aromatic carbocycles. The Bertz CT molecular complexity index is 758. The minimum Gasteiger partial charge on any atom is -0.352 e. The van der Waals surface area contributed by atoms with Gasteiger partial charge in [-0.15, -0.1) is 5.10 Å². The fraction of sp³-hybridized carbons (Fsp3) is 0.600. The molecule has 27 heavy (non-hydrogen) atoms. The second kappa shape index (κ2) is 8.87. The second-order valence-electron chi connectivity index (χ2n) is 7.76. The van der Waals surface area contributed by atoms with Gasteiger partial charge in [0, 0.05) is 6.04 Å². The monoisotopic (exact) mass is 387 g/mol. The molecule has 3 atom stereocenters. The van der Waals surface area contributed by atoms with E-state index in [0.717, 1.165) is 12.1 Å². The van der Waals surface area contributed by atoms with Gasteiger partial charge in [0.15, 0.2) is 0 Å². The summed E-state index contributed by atoms with van der Waals surface area (Å²) in [5.74, 6) is 1.08. The van der Waals surface area contributed by atoms with Gasteiger partial charge in [-0.3, -0.25) is 4.79 Å². The number of carbonyl (C=O) groups is 1. The van der Waals surface area contributed by atoms with Gasteiger partial charge in [0.1, 0.15) is 0 Å². The molecule has 0 spiro atoms. The van der Waals surface area contributed by atoms with E-state index in [4.69, 9.17) is 0 Å². The predicted octanol–water partition coefficient (Wildman–Crippen LogP) is 3.96. The lowest BCUT2D eigenvalue weighted by Gasteiger charge is -2.30. The minimum absolute atomic E-state index is 0.0588. The van der Waals surface area contributed by atoms with Gasteiger partial charge in [0.2, 0.25) is 11.1 Å². The Balaban J connectivity index is 1.65. The summed E-state index contributed by atoms with van der Waals surface area (Å²) in [4.78, 5) is 12.6. The molecule has 0 aliphatic heterocycles. The Hall–Kier alpha value is -1.89. The van der Waals surface area contributed by atoms with Crippen molar-refractivity contribution in [2.75, 3.05) is 0 Å². The highest BCUT2D eigenvalue weighted by atomic mass is 32.2. The molecule has 0 saturated heterocycles. The van der Waals surface area contributed by atoms with Crippen molar-refractivity contribution >= 4 is 17.7 Å². The summed E-state index contributed by atoms with van der Waals surface area (Å²) in [6.45, 7) is 8.47. The van der Waals surface area contributed by atoms with Crippen molar-refractivity contribution in [1.82, 2.24) is 25.5 Å². The van der Waals surface area contributed by atoms with Crippen molar-refractivity contribution in [2.45, 2.75) is 75.7 Å². The van der Waals surface area contributed by atoms with E-state index >= 15 is 0 Å². The zero-order valence-electron chi connectivity index (χ0n) is 16.6. The maximum absolute atomic E-state index is 12.6. The molecule has 0 radical (unpaired) electrons. The Morgan fingerprint density at radius 1 is 1.19 bits per heavy atom. The molecule has 1 aliphatic rings. The first-order chi connectivity index (χ1) is 13.0. The van der Waals surface area contributed by atoms with Gasteiger partial charge >= 0.3 is 0 Å². The number of tetrazole rings is 1. The molecular weight excluding hydrogens is 358 g/mol. The predicted molar refractivity (Wildman–Crippen MR) is 108 cm³/mol. The molecule has 146 valence electrons. The van der Waals surface area contributed by atoms with Gasteiger partial charge in [-0.2, -0.15) is 4.68 Å². The highest BCUT2D eigenvalue weighted by Crippen LogP contribution is 2.26. The van der Waals surface area contributed by atoms with Crippen molar-refractivity contribution < 1.29 is 4.79 Å². The fourth-order valence-corrected chi connectivity index (χ4v) is 4.27. The highest BCUT2D eigenvalue weighted by molar-refractivity contribution is 8.00. The first kappa shape index (κ1) is 19.9. The minimum atomic E-state index is -0.251. The number of amides is 1. The summed E-state index contributed by atoms with van der Waals surface area (Å²) < 4.78 is 1.70. The van der Waals surface area contributed by atoms with E-state index in [1.54, 1.807) is 4.68 Å². The Kier molecular flexibility index (Phi) is 6.52. The van der Waals surface area contributed by atoms with E-state index in [9.17, 15) is 4.79 Å². The van der Waals surface area contributed by atoms with Crippen molar-refractivity contribution in [2.24, 2.45) is 5.92 Å². The van der Waals surface area contributed by atoms with Crippen LogP contribution in [0.5, 0.6) is 0 Å². The van der Waals surface area contributed by atoms with Crippen LogP contribution in [0, 0.1) is 5.92 Å². The van der Waals surface area contributed by atoms with Crippen LogP contribution in [0.25, 0.3) is 5.69 Å². The van der Waals surface area contributed by atoms with Crippen LogP contribution in [0.3, 0.4) is 0 Å². The Labute approximate surface area is 165 Å². The Morgan fingerprint density at radius 2 is 1.89 bits per heavy atom. The second-order valence-corrected chi connectivity index (χ2v) is 9.06.